The average molecular weight is 387 g/mol. The first-order valence-electron chi connectivity index (χ1n) is 7.90. The summed E-state index contributed by atoms with van der Waals surface area (Å²) < 4.78 is 0. The van der Waals surface area contributed by atoms with E-state index in [1.54, 1.807) is 6.07 Å². The molecule has 5 nitrogen and oxygen atoms in total. The smallest absolute Gasteiger partial charge is 0.254 e. The Hall–Kier alpha value is -2.63. The molecule has 0 aliphatic heterocycles. The highest BCUT2D eigenvalue weighted by Crippen LogP contribution is 2.24. The normalized spacial score (nSPS) is 10.4. The van der Waals surface area contributed by atoms with E-state index in [0.717, 1.165) is 16.8 Å². The van der Waals surface area contributed by atoms with Crippen LogP contribution >= 0.6 is 23.2 Å². The van der Waals surface area contributed by atoms with E-state index < -0.39 is 0 Å². The van der Waals surface area contributed by atoms with Crippen LogP contribution < -0.4 is 10.6 Å². The maximum absolute atomic E-state index is 12.2. The zero-order chi connectivity index (χ0) is 18.5. The molecule has 1 aromatic heterocycles. The highest BCUT2D eigenvalue weighted by molar-refractivity contribution is 6.31. The van der Waals surface area contributed by atoms with Crippen LogP contribution in [0.4, 0.5) is 11.6 Å². The van der Waals surface area contributed by atoms with Crippen LogP contribution in [0.15, 0.2) is 54.9 Å². The van der Waals surface area contributed by atoms with Gasteiger partial charge in [0.2, 0.25) is 5.95 Å². The summed E-state index contributed by atoms with van der Waals surface area (Å²) in [5, 5.41) is 7.16. The Morgan fingerprint density at radius 1 is 1.00 bits per heavy atom. The lowest BCUT2D eigenvalue weighted by Crippen LogP contribution is -2.23. The molecule has 3 rings (SSSR count). The van der Waals surface area contributed by atoms with Gasteiger partial charge in [-0.05, 0) is 36.2 Å². The minimum Gasteiger partial charge on any atom is -0.348 e. The number of aromatic nitrogens is 2. The number of halogens is 2. The minimum absolute atomic E-state index is 0.268. The fourth-order valence-corrected chi connectivity index (χ4v) is 2.67. The molecule has 132 valence electrons. The van der Waals surface area contributed by atoms with Crippen molar-refractivity contribution in [3.63, 3.8) is 0 Å². The molecule has 0 radical (unpaired) electrons. The predicted molar refractivity (Wildman–Crippen MR) is 104 cm³/mol. The van der Waals surface area contributed by atoms with Crippen LogP contribution in [0.2, 0.25) is 10.0 Å². The lowest BCUT2D eigenvalue weighted by atomic mass is 10.2. The topological polar surface area (TPSA) is 66.9 Å². The Morgan fingerprint density at radius 2 is 1.69 bits per heavy atom. The molecule has 2 N–H and O–H groups in total. The molecule has 0 aliphatic rings. The minimum atomic E-state index is -0.268. The SMILES string of the molecule is Cc1c(Cl)cccc1Nc1ncc(C(=O)NCc2ccccc2Cl)cn1. The summed E-state index contributed by atoms with van der Waals surface area (Å²) in [5.74, 6) is 0.119. The molecule has 2 aromatic carbocycles. The van der Waals surface area contributed by atoms with E-state index in [-0.39, 0.29) is 5.91 Å². The van der Waals surface area contributed by atoms with E-state index in [1.165, 1.54) is 12.4 Å². The number of hydrogen-bond donors (Lipinski definition) is 2. The number of rotatable bonds is 5. The summed E-state index contributed by atoms with van der Waals surface area (Å²) in [6, 6.07) is 12.9. The third-order valence-corrected chi connectivity index (χ3v) is 4.60. The van der Waals surface area contributed by atoms with Crippen molar-refractivity contribution in [2.45, 2.75) is 13.5 Å². The van der Waals surface area contributed by atoms with E-state index in [9.17, 15) is 4.79 Å². The lowest BCUT2D eigenvalue weighted by molar-refractivity contribution is 0.0950. The van der Waals surface area contributed by atoms with Gasteiger partial charge in [-0.2, -0.15) is 0 Å². The van der Waals surface area contributed by atoms with Crippen molar-refractivity contribution in [2.24, 2.45) is 0 Å². The molecule has 0 atom stereocenters. The molecule has 0 saturated heterocycles. The molecule has 3 aromatic rings. The number of amides is 1. The predicted octanol–water partition coefficient (Wildman–Crippen LogP) is 4.77. The number of nitrogens with one attached hydrogen (secondary N) is 2. The standard InChI is InChI=1S/C19H16Cl2N4O/c1-12-15(20)7-4-8-17(12)25-19-23-10-14(11-24-19)18(26)22-9-13-5-2-3-6-16(13)21/h2-8,10-11H,9H2,1H3,(H,22,26)(H,23,24,25). The second-order valence-electron chi connectivity index (χ2n) is 5.61. The van der Waals surface area contributed by atoms with Crippen molar-refractivity contribution < 1.29 is 4.79 Å². The quantitative estimate of drug-likeness (QED) is 0.662. The molecule has 0 aliphatic carbocycles. The molecule has 26 heavy (non-hydrogen) atoms. The first-order valence-corrected chi connectivity index (χ1v) is 8.66. The summed E-state index contributed by atoms with van der Waals surface area (Å²) >= 11 is 12.2. The summed E-state index contributed by atoms with van der Waals surface area (Å²) in [7, 11) is 0. The number of benzene rings is 2. The van der Waals surface area contributed by atoms with Gasteiger partial charge in [0, 0.05) is 34.7 Å². The molecule has 1 heterocycles. The van der Waals surface area contributed by atoms with Gasteiger partial charge in [0.1, 0.15) is 0 Å². The second kappa shape index (κ2) is 8.17. The maximum atomic E-state index is 12.2. The monoisotopic (exact) mass is 386 g/mol. The van der Waals surface area contributed by atoms with Crippen LogP contribution in [0, 0.1) is 6.92 Å². The molecule has 0 fully saturated rings. The van der Waals surface area contributed by atoms with Gasteiger partial charge in [-0.25, -0.2) is 9.97 Å². The molecular formula is C19H16Cl2N4O. The Kier molecular flexibility index (Phi) is 5.71. The first kappa shape index (κ1) is 18.2. The maximum Gasteiger partial charge on any atom is 0.254 e. The van der Waals surface area contributed by atoms with E-state index in [0.29, 0.717) is 28.1 Å². The van der Waals surface area contributed by atoms with Gasteiger partial charge >= 0.3 is 0 Å². The Labute approximate surface area is 161 Å². The van der Waals surface area contributed by atoms with Crippen LogP contribution in [0.25, 0.3) is 0 Å². The second-order valence-corrected chi connectivity index (χ2v) is 6.42. The molecule has 1 amide bonds. The van der Waals surface area contributed by atoms with Crippen LogP contribution in [0.1, 0.15) is 21.5 Å². The zero-order valence-electron chi connectivity index (χ0n) is 14.0. The summed E-state index contributed by atoms with van der Waals surface area (Å²) in [6.07, 6.45) is 2.94. The van der Waals surface area contributed by atoms with Crippen LogP contribution in [-0.4, -0.2) is 15.9 Å². The third-order valence-electron chi connectivity index (χ3n) is 3.83. The molecule has 0 saturated carbocycles. The van der Waals surface area contributed by atoms with Gasteiger partial charge in [-0.15, -0.1) is 0 Å². The number of anilines is 2. The molecule has 0 bridgehead atoms. The number of carbonyl (C=O) groups is 1. The molecule has 0 unspecified atom stereocenters. The van der Waals surface area contributed by atoms with Gasteiger partial charge < -0.3 is 10.6 Å². The van der Waals surface area contributed by atoms with E-state index >= 15 is 0 Å². The molecular weight excluding hydrogens is 371 g/mol. The average Bonchev–Trinajstić information content (AvgIpc) is 2.65. The third kappa shape index (κ3) is 4.31. The number of hydrogen-bond acceptors (Lipinski definition) is 4. The van der Waals surface area contributed by atoms with Crippen molar-refractivity contribution in [1.29, 1.82) is 0 Å². The van der Waals surface area contributed by atoms with Crippen molar-refractivity contribution in [1.82, 2.24) is 15.3 Å². The van der Waals surface area contributed by atoms with Crippen LogP contribution in [-0.2, 0) is 6.54 Å². The lowest BCUT2D eigenvalue weighted by Gasteiger charge is -2.10. The van der Waals surface area contributed by atoms with Crippen LogP contribution in [0.3, 0.4) is 0 Å². The van der Waals surface area contributed by atoms with Gasteiger partial charge in [-0.1, -0.05) is 47.5 Å². The fraction of sp³-hybridized carbons (Fsp3) is 0.105. The van der Waals surface area contributed by atoms with Crippen LogP contribution in [0.5, 0.6) is 0 Å². The summed E-state index contributed by atoms with van der Waals surface area (Å²) in [5.41, 5.74) is 2.93. The van der Waals surface area contributed by atoms with Crippen molar-refractivity contribution in [3.05, 3.63) is 81.6 Å². The Bertz CT molecular complexity index is 929. The van der Waals surface area contributed by atoms with E-state index in [2.05, 4.69) is 20.6 Å². The number of nitrogens with zero attached hydrogens (tertiary/aromatic N) is 2. The molecule has 7 heteroatoms. The summed E-state index contributed by atoms with van der Waals surface area (Å²) in [6.45, 7) is 2.24. The molecule has 0 spiro atoms. The number of carbonyl (C=O) groups excluding carboxylic acids is 1. The fourth-order valence-electron chi connectivity index (χ4n) is 2.29. The van der Waals surface area contributed by atoms with Crippen molar-refractivity contribution >= 4 is 40.7 Å². The van der Waals surface area contributed by atoms with Crippen molar-refractivity contribution in [3.8, 4) is 0 Å². The zero-order valence-corrected chi connectivity index (χ0v) is 15.5. The highest BCUT2D eigenvalue weighted by atomic mass is 35.5. The van der Waals surface area contributed by atoms with Crippen molar-refractivity contribution in [2.75, 3.05) is 5.32 Å². The van der Waals surface area contributed by atoms with Gasteiger partial charge in [-0.3, -0.25) is 4.79 Å². The first-order chi connectivity index (χ1) is 12.5. The van der Waals surface area contributed by atoms with E-state index in [1.807, 2.05) is 43.3 Å². The van der Waals surface area contributed by atoms with Gasteiger partial charge in [0.25, 0.3) is 5.91 Å². The summed E-state index contributed by atoms with van der Waals surface area (Å²) in [4.78, 5) is 20.6. The Balaban J connectivity index is 1.64. The highest BCUT2D eigenvalue weighted by Gasteiger charge is 2.09. The Morgan fingerprint density at radius 3 is 2.42 bits per heavy atom. The largest absolute Gasteiger partial charge is 0.348 e. The van der Waals surface area contributed by atoms with Gasteiger partial charge in [0.05, 0.1) is 5.56 Å². The van der Waals surface area contributed by atoms with E-state index in [4.69, 9.17) is 23.2 Å². The van der Waals surface area contributed by atoms with Gasteiger partial charge in [0.15, 0.2) is 0 Å².